The molecule has 0 aromatic carbocycles. The van der Waals surface area contributed by atoms with Crippen LogP contribution < -0.4 is 5.32 Å². The van der Waals surface area contributed by atoms with Crippen LogP contribution in [-0.4, -0.2) is 19.0 Å². The summed E-state index contributed by atoms with van der Waals surface area (Å²) in [7, 11) is 0. The fourth-order valence-corrected chi connectivity index (χ4v) is 0.650. The lowest BCUT2D eigenvalue weighted by Crippen LogP contribution is -2.32. The largest absolute Gasteiger partial charge is 0.309 e. The van der Waals surface area contributed by atoms with E-state index in [4.69, 9.17) is 0 Å². The lowest BCUT2D eigenvalue weighted by Gasteiger charge is -2.10. The molecule has 0 aliphatic rings. The van der Waals surface area contributed by atoms with Crippen molar-refractivity contribution in [3.8, 4) is 0 Å². The maximum Gasteiger partial charge on any atom is 0.253 e. The molecule has 0 fully saturated rings. The van der Waals surface area contributed by atoms with E-state index < -0.39 is 12.5 Å². The average Bonchev–Trinajstić information content (AvgIpc) is 1.97. The summed E-state index contributed by atoms with van der Waals surface area (Å²) in [5, 5.41) is 2.72. The third-order valence-electron chi connectivity index (χ3n) is 1.39. The molecular weight excluding hydrogens is 148 g/mol. The van der Waals surface area contributed by atoms with E-state index in [-0.39, 0.29) is 0 Å². The van der Waals surface area contributed by atoms with Crippen molar-refractivity contribution in [3.63, 3.8) is 0 Å². The van der Waals surface area contributed by atoms with Gasteiger partial charge in [-0.25, -0.2) is 8.78 Å². The molecule has 1 N–H and O–H groups in total. The van der Waals surface area contributed by atoms with Gasteiger partial charge >= 0.3 is 0 Å². The third kappa shape index (κ3) is 5.98. The van der Waals surface area contributed by atoms with Gasteiger partial charge in [0.1, 0.15) is 0 Å². The normalized spacial score (nSPS) is 14.6. The zero-order valence-corrected chi connectivity index (χ0v) is 6.98. The second kappa shape index (κ2) is 6.28. The standard InChI is InChI=1S/C8H15F2N/c1-3-4-5-6-11-7(2)8(9)10/h3-4,7-8,11H,5-6H2,1-2H3/b4-3+. The second-order valence-corrected chi connectivity index (χ2v) is 2.43. The highest BCUT2D eigenvalue weighted by atomic mass is 19.3. The first-order chi connectivity index (χ1) is 5.18. The van der Waals surface area contributed by atoms with Gasteiger partial charge in [0, 0.05) is 0 Å². The zero-order valence-electron chi connectivity index (χ0n) is 6.98. The van der Waals surface area contributed by atoms with Crippen LogP contribution in [0.3, 0.4) is 0 Å². The summed E-state index contributed by atoms with van der Waals surface area (Å²) in [6, 6.07) is -0.694. The van der Waals surface area contributed by atoms with Crippen molar-refractivity contribution in [3.05, 3.63) is 12.2 Å². The van der Waals surface area contributed by atoms with Gasteiger partial charge in [0.05, 0.1) is 6.04 Å². The van der Waals surface area contributed by atoms with E-state index in [1.807, 2.05) is 19.1 Å². The van der Waals surface area contributed by atoms with Gasteiger partial charge in [-0.15, -0.1) is 0 Å². The fourth-order valence-electron chi connectivity index (χ4n) is 0.650. The number of allylic oxidation sites excluding steroid dienone is 1. The van der Waals surface area contributed by atoms with E-state index in [0.29, 0.717) is 6.54 Å². The number of halogens is 2. The summed E-state index contributed by atoms with van der Waals surface area (Å²) in [4.78, 5) is 0. The van der Waals surface area contributed by atoms with E-state index in [1.54, 1.807) is 0 Å². The van der Waals surface area contributed by atoms with E-state index in [9.17, 15) is 8.78 Å². The molecule has 1 unspecified atom stereocenters. The molecule has 0 aromatic rings. The maximum atomic E-state index is 11.9. The van der Waals surface area contributed by atoms with Gasteiger partial charge < -0.3 is 5.32 Å². The Bertz CT molecular complexity index is 113. The Hall–Kier alpha value is -0.440. The van der Waals surface area contributed by atoms with Crippen LogP contribution >= 0.6 is 0 Å². The van der Waals surface area contributed by atoms with Crippen molar-refractivity contribution in [1.82, 2.24) is 5.32 Å². The van der Waals surface area contributed by atoms with Crippen LogP contribution in [0.25, 0.3) is 0 Å². The van der Waals surface area contributed by atoms with Crippen LogP contribution in [-0.2, 0) is 0 Å². The molecule has 0 aliphatic carbocycles. The predicted octanol–water partition coefficient (Wildman–Crippen LogP) is 2.20. The molecule has 0 saturated carbocycles. The second-order valence-electron chi connectivity index (χ2n) is 2.43. The van der Waals surface area contributed by atoms with Gasteiger partial charge in [-0.3, -0.25) is 0 Å². The molecule has 0 spiro atoms. The molecule has 0 aromatic heterocycles. The van der Waals surface area contributed by atoms with Crippen molar-refractivity contribution < 1.29 is 8.78 Å². The Morgan fingerprint density at radius 3 is 2.55 bits per heavy atom. The average molecular weight is 163 g/mol. The number of nitrogens with one attached hydrogen (secondary N) is 1. The van der Waals surface area contributed by atoms with Crippen LogP contribution in [0.1, 0.15) is 20.3 Å². The number of hydrogen-bond acceptors (Lipinski definition) is 1. The summed E-state index contributed by atoms with van der Waals surface area (Å²) in [6.07, 6.45) is 2.41. The Morgan fingerprint density at radius 1 is 1.45 bits per heavy atom. The number of rotatable bonds is 5. The van der Waals surface area contributed by atoms with Gasteiger partial charge in [0.2, 0.25) is 0 Å². The molecule has 0 aliphatic heterocycles. The van der Waals surface area contributed by atoms with Gasteiger partial charge in [-0.1, -0.05) is 12.2 Å². The molecule has 11 heavy (non-hydrogen) atoms. The lowest BCUT2D eigenvalue weighted by molar-refractivity contribution is 0.107. The molecule has 3 heteroatoms. The molecule has 0 bridgehead atoms. The van der Waals surface area contributed by atoms with Crippen molar-refractivity contribution in [2.24, 2.45) is 0 Å². The number of alkyl halides is 2. The minimum Gasteiger partial charge on any atom is -0.309 e. The summed E-state index contributed by atoms with van der Waals surface area (Å²) >= 11 is 0. The van der Waals surface area contributed by atoms with Gasteiger partial charge in [0.25, 0.3) is 6.43 Å². The molecule has 0 saturated heterocycles. The summed E-state index contributed by atoms with van der Waals surface area (Å²) in [5.41, 5.74) is 0. The zero-order chi connectivity index (χ0) is 8.69. The van der Waals surface area contributed by atoms with Crippen molar-refractivity contribution in [2.45, 2.75) is 32.7 Å². The van der Waals surface area contributed by atoms with Crippen molar-refractivity contribution in [2.75, 3.05) is 6.54 Å². The van der Waals surface area contributed by atoms with Crippen LogP contribution in [0, 0.1) is 0 Å². The molecule has 0 rings (SSSR count). The quantitative estimate of drug-likeness (QED) is 0.484. The van der Waals surface area contributed by atoms with E-state index >= 15 is 0 Å². The molecular formula is C8H15F2N. The van der Waals surface area contributed by atoms with E-state index in [2.05, 4.69) is 5.32 Å². The molecule has 0 radical (unpaired) electrons. The van der Waals surface area contributed by atoms with Crippen LogP contribution in [0.5, 0.6) is 0 Å². The number of hydrogen-bond donors (Lipinski definition) is 1. The summed E-state index contributed by atoms with van der Waals surface area (Å²) in [6.45, 7) is 4.02. The molecule has 0 heterocycles. The minimum absolute atomic E-state index is 0.621. The molecule has 1 nitrogen and oxygen atoms in total. The molecule has 1 atom stereocenters. The third-order valence-corrected chi connectivity index (χ3v) is 1.39. The SMILES string of the molecule is C/C=C/CCNC(C)C(F)F. The van der Waals surface area contributed by atoms with Crippen LogP contribution in [0.15, 0.2) is 12.2 Å². The van der Waals surface area contributed by atoms with Gasteiger partial charge in [-0.2, -0.15) is 0 Å². The smallest absolute Gasteiger partial charge is 0.253 e. The molecule has 66 valence electrons. The highest BCUT2D eigenvalue weighted by molar-refractivity contribution is 4.78. The van der Waals surface area contributed by atoms with Crippen molar-refractivity contribution >= 4 is 0 Å². The highest BCUT2D eigenvalue weighted by Gasteiger charge is 2.11. The minimum atomic E-state index is -2.26. The monoisotopic (exact) mass is 163 g/mol. The highest BCUT2D eigenvalue weighted by Crippen LogP contribution is 1.98. The lowest BCUT2D eigenvalue weighted by atomic mass is 10.3. The maximum absolute atomic E-state index is 11.9. The first kappa shape index (κ1) is 10.6. The Labute approximate surface area is 66.5 Å². The van der Waals surface area contributed by atoms with Gasteiger partial charge in [0.15, 0.2) is 0 Å². The predicted molar refractivity (Wildman–Crippen MR) is 42.9 cm³/mol. The first-order valence-electron chi connectivity index (χ1n) is 3.81. The summed E-state index contributed by atoms with van der Waals surface area (Å²) < 4.78 is 23.7. The van der Waals surface area contributed by atoms with Crippen LogP contribution in [0.4, 0.5) is 8.78 Å². The molecule has 0 amide bonds. The van der Waals surface area contributed by atoms with Gasteiger partial charge in [-0.05, 0) is 26.8 Å². The Kier molecular flexibility index (Phi) is 6.03. The van der Waals surface area contributed by atoms with E-state index in [1.165, 1.54) is 6.92 Å². The first-order valence-corrected chi connectivity index (χ1v) is 3.81. The Morgan fingerprint density at radius 2 is 2.09 bits per heavy atom. The van der Waals surface area contributed by atoms with Crippen LogP contribution in [0.2, 0.25) is 0 Å². The van der Waals surface area contributed by atoms with E-state index in [0.717, 1.165) is 6.42 Å². The Balaban J connectivity index is 3.24. The fraction of sp³-hybridized carbons (Fsp3) is 0.750. The summed E-state index contributed by atoms with van der Waals surface area (Å²) in [5.74, 6) is 0. The topological polar surface area (TPSA) is 12.0 Å². The van der Waals surface area contributed by atoms with Crippen molar-refractivity contribution in [1.29, 1.82) is 0 Å².